The van der Waals surface area contributed by atoms with Crippen LogP contribution in [0.15, 0.2) is 36.5 Å². The number of piperazine rings is 2. The third-order valence-electron chi connectivity index (χ3n) is 6.31. The Morgan fingerprint density at radius 3 is 2.26 bits per heavy atom. The predicted octanol–water partition coefficient (Wildman–Crippen LogP) is 2.66. The van der Waals surface area contributed by atoms with Crippen molar-refractivity contribution in [1.82, 2.24) is 24.6 Å². The van der Waals surface area contributed by atoms with Crippen molar-refractivity contribution < 1.29 is 14.0 Å². The first kappa shape index (κ1) is 23.9. The van der Waals surface area contributed by atoms with E-state index in [2.05, 4.69) is 32.5 Å². The van der Waals surface area contributed by atoms with E-state index in [1.54, 1.807) is 36.5 Å². The van der Waals surface area contributed by atoms with Crippen LogP contribution in [0.1, 0.15) is 11.3 Å². The molecule has 0 atom stereocenters. The van der Waals surface area contributed by atoms with Gasteiger partial charge in [0.1, 0.15) is 0 Å². The van der Waals surface area contributed by atoms with E-state index in [1.807, 2.05) is 16.7 Å². The van der Waals surface area contributed by atoms with Crippen LogP contribution in [-0.4, -0.2) is 96.1 Å². The van der Waals surface area contributed by atoms with E-state index >= 15 is 4.39 Å². The molecule has 0 radical (unpaired) electrons. The fourth-order valence-corrected chi connectivity index (χ4v) is 4.16. The second-order valence-electron chi connectivity index (χ2n) is 8.88. The van der Waals surface area contributed by atoms with E-state index in [0.717, 1.165) is 31.9 Å². The van der Waals surface area contributed by atoms with Gasteiger partial charge in [-0.05, 0) is 32.2 Å². The van der Waals surface area contributed by atoms with Crippen molar-refractivity contribution in [3.63, 3.8) is 0 Å². The Morgan fingerprint density at radius 1 is 0.941 bits per heavy atom. The number of nitrogens with one attached hydrogen (secondary N) is 2. The van der Waals surface area contributed by atoms with Gasteiger partial charge in [0, 0.05) is 70.2 Å². The van der Waals surface area contributed by atoms with Crippen molar-refractivity contribution in [2.24, 2.45) is 0 Å². The first-order valence-electron chi connectivity index (χ1n) is 11.6. The number of rotatable bonds is 4. The van der Waals surface area contributed by atoms with E-state index in [0.29, 0.717) is 44.0 Å². The molecule has 0 saturated carbocycles. The summed E-state index contributed by atoms with van der Waals surface area (Å²) in [7, 11) is 2.07. The number of halogens is 1. The van der Waals surface area contributed by atoms with Crippen molar-refractivity contribution in [3.05, 3.63) is 53.6 Å². The molecule has 1 aromatic carbocycles. The van der Waals surface area contributed by atoms with Crippen LogP contribution >= 0.6 is 0 Å². The molecule has 0 spiro atoms. The largest absolute Gasteiger partial charge is 0.323 e. The van der Waals surface area contributed by atoms with Gasteiger partial charge in [0.2, 0.25) is 0 Å². The molecule has 4 rings (SSSR count). The number of carbonyl (C=O) groups excluding carboxylic acids is 2. The Kier molecular flexibility index (Phi) is 7.59. The molecule has 0 unspecified atom stereocenters. The number of carbonyl (C=O) groups is 2. The molecule has 2 saturated heterocycles. The van der Waals surface area contributed by atoms with Crippen molar-refractivity contribution in [2.45, 2.75) is 13.5 Å². The Labute approximate surface area is 199 Å². The molecule has 2 fully saturated rings. The van der Waals surface area contributed by atoms with Crippen LogP contribution in [0.25, 0.3) is 0 Å². The maximum Gasteiger partial charge on any atom is 0.323 e. The molecule has 0 bridgehead atoms. The Morgan fingerprint density at radius 2 is 1.62 bits per heavy atom. The number of anilines is 2. The minimum atomic E-state index is -0.530. The summed E-state index contributed by atoms with van der Waals surface area (Å²) in [5.41, 5.74) is 2.01. The molecule has 0 aliphatic carbocycles. The third-order valence-corrected chi connectivity index (χ3v) is 6.31. The highest BCUT2D eigenvalue weighted by atomic mass is 19.1. The van der Waals surface area contributed by atoms with Crippen molar-refractivity contribution >= 4 is 23.4 Å². The number of amides is 4. The summed E-state index contributed by atoms with van der Waals surface area (Å²) in [4.78, 5) is 37.4. The molecule has 2 aromatic rings. The lowest BCUT2D eigenvalue weighted by Gasteiger charge is -2.40. The summed E-state index contributed by atoms with van der Waals surface area (Å²) in [6, 6.07) is 8.09. The standard InChI is InChI=1S/C24H32FN7O2/c1-18-6-7-20(16-26-18)27-23(33)28-21-5-3-4-19(22(21)25)17-30-10-14-32(15-11-30)24(34)31-12-8-29(2)9-13-31/h3-7,16H,8-15,17H2,1-2H3,(H2,27,28,33). The molecule has 34 heavy (non-hydrogen) atoms. The average molecular weight is 470 g/mol. The lowest BCUT2D eigenvalue weighted by molar-refractivity contribution is 0.0934. The number of hydrogen-bond donors (Lipinski definition) is 2. The van der Waals surface area contributed by atoms with E-state index in [9.17, 15) is 9.59 Å². The second-order valence-corrected chi connectivity index (χ2v) is 8.88. The molecule has 2 aliphatic heterocycles. The van der Waals surface area contributed by atoms with Crippen LogP contribution < -0.4 is 10.6 Å². The molecule has 2 N–H and O–H groups in total. The minimum Gasteiger partial charge on any atom is -0.322 e. The summed E-state index contributed by atoms with van der Waals surface area (Å²) >= 11 is 0. The number of hydrogen-bond acceptors (Lipinski definition) is 5. The summed E-state index contributed by atoms with van der Waals surface area (Å²) in [6.45, 7) is 8.19. The minimum absolute atomic E-state index is 0.0971. The van der Waals surface area contributed by atoms with E-state index in [4.69, 9.17) is 0 Å². The van der Waals surface area contributed by atoms with Gasteiger partial charge in [0.25, 0.3) is 0 Å². The lowest BCUT2D eigenvalue weighted by Crippen LogP contribution is -2.56. The zero-order valence-corrected chi connectivity index (χ0v) is 19.8. The van der Waals surface area contributed by atoms with Crippen LogP contribution in [0.4, 0.5) is 25.4 Å². The summed E-state index contributed by atoms with van der Waals surface area (Å²) in [5, 5.41) is 5.24. The second kappa shape index (κ2) is 10.8. The third kappa shape index (κ3) is 6.00. The van der Waals surface area contributed by atoms with Gasteiger partial charge in [-0.25, -0.2) is 14.0 Å². The number of urea groups is 2. The number of pyridine rings is 1. The van der Waals surface area contributed by atoms with E-state index < -0.39 is 11.8 Å². The fraction of sp³-hybridized carbons (Fsp3) is 0.458. The number of aryl methyl sites for hydroxylation is 1. The van der Waals surface area contributed by atoms with Gasteiger partial charge in [0.15, 0.2) is 5.82 Å². The Balaban J connectivity index is 1.29. The van der Waals surface area contributed by atoms with Gasteiger partial charge in [-0.15, -0.1) is 0 Å². The van der Waals surface area contributed by atoms with Gasteiger partial charge in [0.05, 0.1) is 17.6 Å². The number of aromatic nitrogens is 1. The van der Waals surface area contributed by atoms with Crippen LogP contribution in [0.2, 0.25) is 0 Å². The van der Waals surface area contributed by atoms with Crippen LogP contribution in [0, 0.1) is 12.7 Å². The smallest absolute Gasteiger partial charge is 0.322 e. The highest BCUT2D eigenvalue weighted by Crippen LogP contribution is 2.21. The lowest BCUT2D eigenvalue weighted by atomic mass is 10.1. The van der Waals surface area contributed by atoms with Crippen molar-refractivity contribution in [3.8, 4) is 0 Å². The zero-order valence-electron chi connectivity index (χ0n) is 19.8. The molecule has 4 amide bonds. The molecule has 3 heterocycles. The van der Waals surface area contributed by atoms with Gasteiger partial charge >= 0.3 is 12.1 Å². The highest BCUT2D eigenvalue weighted by Gasteiger charge is 2.27. The first-order chi connectivity index (χ1) is 16.4. The number of nitrogens with zero attached hydrogens (tertiary/aromatic N) is 5. The first-order valence-corrected chi connectivity index (χ1v) is 11.6. The maximum absolute atomic E-state index is 15.1. The van der Waals surface area contributed by atoms with Crippen molar-refractivity contribution in [1.29, 1.82) is 0 Å². The summed E-state index contributed by atoms with van der Waals surface area (Å²) in [6.07, 6.45) is 1.55. The quantitative estimate of drug-likeness (QED) is 0.719. The molecule has 182 valence electrons. The SMILES string of the molecule is Cc1ccc(NC(=O)Nc2cccc(CN3CCN(C(=O)N4CCN(C)CC4)CC3)c2F)cn1. The number of likely N-dealkylation sites (N-methyl/N-ethyl adjacent to an activating group) is 1. The molecule has 9 nitrogen and oxygen atoms in total. The van der Waals surface area contributed by atoms with Gasteiger partial charge in [-0.1, -0.05) is 12.1 Å². The molecular formula is C24H32FN7O2. The van der Waals surface area contributed by atoms with Crippen LogP contribution in [0.3, 0.4) is 0 Å². The number of benzene rings is 1. The van der Waals surface area contributed by atoms with Gasteiger partial charge in [-0.2, -0.15) is 0 Å². The summed E-state index contributed by atoms with van der Waals surface area (Å²) < 4.78 is 15.1. The normalized spacial score (nSPS) is 17.5. The molecular weight excluding hydrogens is 437 g/mol. The topological polar surface area (TPSA) is 84.0 Å². The maximum atomic E-state index is 15.1. The van der Waals surface area contributed by atoms with E-state index in [1.165, 1.54) is 0 Å². The van der Waals surface area contributed by atoms with Crippen LogP contribution in [0.5, 0.6) is 0 Å². The average Bonchev–Trinajstić information content (AvgIpc) is 2.84. The fourth-order valence-electron chi connectivity index (χ4n) is 4.16. The van der Waals surface area contributed by atoms with Crippen molar-refractivity contribution in [2.75, 3.05) is 70.0 Å². The monoisotopic (exact) mass is 469 g/mol. The zero-order chi connectivity index (χ0) is 24.1. The summed E-state index contributed by atoms with van der Waals surface area (Å²) in [5.74, 6) is -0.448. The van der Waals surface area contributed by atoms with Crippen LogP contribution in [-0.2, 0) is 6.54 Å². The van der Waals surface area contributed by atoms with E-state index in [-0.39, 0.29) is 11.7 Å². The molecule has 1 aromatic heterocycles. The predicted molar refractivity (Wildman–Crippen MR) is 129 cm³/mol. The highest BCUT2D eigenvalue weighted by molar-refractivity contribution is 5.99. The Bertz CT molecular complexity index is 1000. The molecule has 10 heteroatoms. The molecule has 2 aliphatic rings. The Hall–Kier alpha value is -3.24. The van der Waals surface area contributed by atoms with Gasteiger partial charge < -0.3 is 25.3 Å². The van der Waals surface area contributed by atoms with Gasteiger partial charge in [-0.3, -0.25) is 9.88 Å².